The summed E-state index contributed by atoms with van der Waals surface area (Å²) in [6, 6.07) is 17.7. The van der Waals surface area contributed by atoms with Crippen LogP contribution in [0.25, 0.3) is 6.08 Å². The van der Waals surface area contributed by atoms with E-state index in [1.165, 1.54) is 0 Å². The van der Waals surface area contributed by atoms with E-state index < -0.39 is 5.41 Å². The molecule has 0 spiro atoms. The van der Waals surface area contributed by atoms with E-state index in [0.29, 0.717) is 0 Å². The first-order valence-electron chi connectivity index (χ1n) is 6.10. The van der Waals surface area contributed by atoms with E-state index >= 15 is 0 Å². The van der Waals surface area contributed by atoms with Crippen molar-refractivity contribution in [2.75, 3.05) is 0 Å². The number of allylic oxidation sites excluding steroid dienone is 1. The van der Waals surface area contributed by atoms with Crippen LogP contribution in [0.2, 0.25) is 0 Å². The molecule has 2 aromatic rings. The molecule has 0 aliphatic heterocycles. The van der Waals surface area contributed by atoms with Gasteiger partial charge in [0, 0.05) is 5.56 Å². The molecule has 0 aromatic heterocycles. The molecule has 1 aliphatic carbocycles. The van der Waals surface area contributed by atoms with Gasteiger partial charge in [0.2, 0.25) is 0 Å². The maximum absolute atomic E-state index is 12.7. The lowest BCUT2D eigenvalue weighted by Gasteiger charge is -2.29. The van der Waals surface area contributed by atoms with Gasteiger partial charge >= 0.3 is 0 Å². The van der Waals surface area contributed by atoms with Gasteiger partial charge in [-0.2, -0.15) is 0 Å². The Morgan fingerprint density at radius 3 is 2.33 bits per heavy atom. The molecule has 0 amide bonds. The molecule has 0 fully saturated rings. The first-order valence-corrected chi connectivity index (χ1v) is 6.10. The van der Waals surface area contributed by atoms with Gasteiger partial charge in [-0.25, -0.2) is 0 Å². The second-order valence-electron chi connectivity index (χ2n) is 4.82. The molecule has 0 saturated carbocycles. The number of fused-ring (bicyclic) bond motifs is 1. The van der Waals surface area contributed by atoms with E-state index in [0.717, 1.165) is 16.7 Å². The molecule has 0 unspecified atom stereocenters. The average molecular weight is 234 g/mol. The molecule has 3 rings (SSSR count). The van der Waals surface area contributed by atoms with E-state index in [1.807, 2.05) is 73.7 Å². The fraction of sp³-hybridized carbons (Fsp3) is 0.118. The second-order valence-corrected chi connectivity index (χ2v) is 4.82. The van der Waals surface area contributed by atoms with Gasteiger partial charge in [-0.3, -0.25) is 4.79 Å². The van der Waals surface area contributed by atoms with Crippen molar-refractivity contribution in [3.05, 3.63) is 77.4 Å². The topological polar surface area (TPSA) is 17.1 Å². The SMILES string of the molecule is C[C@]1(c2ccccc2)C=Cc2ccccc2C1=O. The summed E-state index contributed by atoms with van der Waals surface area (Å²) in [6.07, 6.45) is 4.05. The molecule has 88 valence electrons. The summed E-state index contributed by atoms with van der Waals surface area (Å²) in [6.45, 7) is 1.98. The van der Waals surface area contributed by atoms with Gasteiger partial charge in [-0.1, -0.05) is 66.7 Å². The minimum Gasteiger partial charge on any atom is -0.293 e. The van der Waals surface area contributed by atoms with Crippen LogP contribution in [0.4, 0.5) is 0 Å². The van der Waals surface area contributed by atoms with Crippen molar-refractivity contribution in [2.45, 2.75) is 12.3 Å². The summed E-state index contributed by atoms with van der Waals surface area (Å²) >= 11 is 0. The highest BCUT2D eigenvalue weighted by Gasteiger charge is 2.36. The Morgan fingerprint density at radius 2 is 1.56 bits per heavy atom. The fourth-order valence-electron chi connectivity index (χ4n) is 2.47. The van der Waals surface area contributed by atoms with Crippen molar-refractivity contribution >= 4 is 11.9 Å². The fourth-order valence-corrected chi connectivity index (χ4v) is 2.47. The Labute approximate surface area is 107 Å². The summed E-state index contributed by atoms with van der Waals surface area (Å²) < 4.78 is 0. The standard InChI is InChI=1S/C17H14O/c1-17(14-8-3-2-4-9-14)12-11-13-7-5-6-10-15(13)16(17)18/h2-12H,1H3/t17-/m1/s1. The number of hydrogen-bond acceptors (Lipinski definition) is 1. The first kappa shape index (κ1) is 11.0. The van der Waals surface area contributed by atoms with Crippen LogP contribution in [0, 0.1) is 0 Å². The Bertz CT molecular complexity index is 625. The predicted octanol–water partition coefficient (Wildman–Crippen LogP) is 3.85. The van der Waals surface area contributed by atoms with E-state index in [2.05, 4.69) is 0 Å². The molecule has 1 aliphatic rings. The maximum atomic E-state index is 12.7. The quantitative estimate of drug-likeness (QED) is 0.732. The molecular weight excluding hydrogens is 220 g/mol. The van der Waals surface area contributed by atoms with Gasteiger partial charge in [0.1, 0.15) is 0 Å². The van der Waals surface area contributed by atoms with Gasteiger partial charge in [0.25, 0.3) is 0 Å². The van der Waals surface area contributed by atoms with E-state index in [1.54, 1.807) is 0 Å². The van der Waals surface area contributed by atoms with Gasteiger partial charge in [0.15, 0.2) is 5.78 Å². The molecule has 18 heavy (non-hydrogen) atoms. The minimum absolute atomic E-state index is 0.173. The van der Waals surface area contributed by atoms with Crippen molar-refractivity contribution in [3.63, 3.8) is 0 Å². The molecule has 0 bridgehead atoms. The van der Waals surface area contributed by atoms with E-state index in [9.17, 15) is 4.79 Å². The van der Waals surface area contributed by atoms with Crippen LogP contribution in [-0.2, 0) is 5.41 Å². The third-order valence-corrected chi connectivity index (χ3v) is 3.65. The van der Waals surface area contributed by atoms with Crippen LogP contribution in [0.3, 0.4) is 0 Å². The molecule has 2 aromatic carbocycles. The normalized spacial score (nSPS) is 21.7. The largest absolute Gasteiger partial charge is 0.293 e. The van der Waals surface area contributed by atoms with Crippen molar-refractivity contribution in [2.24, 2.45) is 0 Å². The number of ketones is 1. The zero-order valence-electron chi connectivity index (χ0n) is 10.3. The van der Waals surface area contributed by atoms with E-state index in [-0.39, 0.29) is 5.78 Å². The number of hydrogen-bond donors (Lipinski definition) is 0. The molecule has 1 nitrogen and oxygen atoms in total. The zero-order chi connectivity index (χ0) is 12.6. The van der Waals surface area contributed by atoms with Crippen LogP contribution in [-0.4, -0.2) is 5.78 Å². The zero-order valence-corrected chi connectivity index (χ0v) is 10.3. The molecule has 0 heterocycles. The third kappa shape index (κ3) is 1.52. The van der Waals surface area contributed by atoms with Gasteiger partial charge in [-0.15, -0.1) is 0 Å². The minimum atomic E-state index is -0.546. The second kappa shape index (κ2) is 3.95. The van der Waals surface area contributed by atoms with Crippen molar-refractivity contribution in [3.8, 4) is 0 Å². The number of carbonyl (C=O) groups excluding carboxylic acids is 1. The lowest BCUT2D eigenvalue weighted by Crippen LogP contribution is -2.33. The van der Waals surface area contributed by atoms with Crippen LogP contribution in [0.15, 0.2) is 60.7 Å². The van der Waals surface area contributed by atoms with E-state index in [4.69, 9.17) is 0 Å². The first-order chi connectivity index (χ1) is 8.72. The van der Waals surface area contributed by atoms with Gasteiger partial charge < -0.3 is 0 Å². The van der Waals surface area contributed by atoms with Crippen LogP contribution in [0.5, 0.6) is 0 Å². The van der Waals surface area contributed by atoms with Crippen LogP contribution < -0.4 is 0 Å². The Kier molecular flexibility index (Phi) is 2.41. The summed E-state index contributed by atoms with van der Waals surface area (Å²) in [5, 5.41) is 0. The Morgan fingerprint density at radius 1 is 0.889 bits per heavy atom. The molecule has 0 saturated heterocycles. The third-order valence-electron chi connectivity index (χ3n) is 3.65. The monoisotopic (exact) mass is 234 g/mol. The highest BCUT2D eigenvalue weighted by molar-refractivity contribution is 6.10. The summed E-state index contributed by atoms with van der Waals surface area (Å²) in [5.41, 5.74) is 2.32. The number of rotatable bonds is 1. The van der Waals surface area contributed by atoms with Crippen molar-refractivity contribution < 1.29 is 4.79 Å². The number of benzene rings is 2. The molecule has 1 atom stereocenters. The predicted molar refractivity (Wildman–Crippen MR) is 73.6 cm³/mol. The highest BCUT2D eigenvalue weighted by Crippen LogP contribution is 2.35. The smallest absolute Gasteiger partial charge is 0.177 e. The molecule has 0 radical (unpaired) electrons. The van der Waals surface area contributed by atoms with Crippen LogP contribution >= 0.6 is 0 Å². The number of carbonyl (C=O) groups is 1. The van der Waals surface area contributed by atoms with Gasteiger partial charge in [-0.05, 0) is 18.1 Å². The van der Waals surface area contributed by atoms with Crippen LogP contribution in [0.1, 0.15) is 28.4 Å². The average Bonchev–Trinajstić information content (AvgIpc) is 2.44. The summed E-state index contributed by atoms with van der Waals surface area (Å²) in [4.78, 5) is 12.7. The molecular formula is C17H14O. The summed E-state index contributed by atoms with van der Waals surface area (Å²) in [7, 11) is 0. The molecule has 1 heteroatoms. The Balaban J connectivity index is 2.16. The van der Waals surface area contributed by atoms with Crippen molar-refractivity contribution in [1.82, 2.24) is 0 Å². The summed E-state index contributed by atoms with van der Waals surface area (Å²) in [5.74, 6) is 0.173. The lowest BCUT2D eigenvalue weighted by atomic mass is 9.72. The van der Waals surface area contributed by atoms with Gasteiger partial charge in [0.05, 0.1) is 5.41 Å². The molecule has 0 N–H and O–H groups in total. The maximum Gasteiger partial charge on any atom is 0.177 e. The number of Topliss-reactive ketones (excluding diaryl/α,β-unsaturated/α-hetero) is 1. The lowest BCUT2D eigenvalue weighted by molar-refractivity contribution is 0.0925. The highest BCUT2D eigenvalue weighted by atomic mass is 16.1. The Hall–Kier alpha value is -2.15. The van der Waals surface area contributed by atoms with Crippen molar-refractivity contribution in [1.29, 1.82) is 0 Å².